The zero-order valence-electron chi connectivity index (χ0n) is 12.5. The Labute approximate surface area is 133 Å². The normalized spacial score (nSPS) is 10.5. The fourth-order valence-corrected chi connectivity index (χ4v) is 2.18. The number of hydrogen-bond donors (Lipinski definition) is 1. The van der Waals surface area contributed by atoms with Gasteiger partial charge in [-0.3, -0.25) is 4.79 Å². The second-order valence-corrected chi connectivity index (χ2v) is 5.22. The molecule has 1 N–H and O–H groups in total. The Hall–Kier alpha value is -2.95. The van der Waals surface area contributed by atoms with Crippen LogP contribution in [0.25, 0.3) is 11.5 Å². The highest BCUT2D eigenvalue weighted by atomic mass is 19.1. The second kappa shape index (κ2) is 6.44. The number of nitrogens with one attached hydrogen (secondary N) is 1. The zero-order chi connectivity index (χ0) is 16.2. The predicted molar refractivity (Wildman–Crippen MR) is 85.4 cm³/mol. The van der Waals surface area contributed by atoms with Crippen molar-refractivity contribution in [3.05, 3.63) is 71.9 Å². The highest BCUT2D eigenvalue weighted by Gasteiger charge is 2.12. The van der Waals surface area contributed by atoms with E-state index in [0.717, 1.165) is 11.1 Å². The standard InChI is InChI=1S/C18H15FN2O2/c1-12-7-8-16(15(19)9-12)21-17(22)10-14-11-23-18(20-14)13-5-3-2-4-6-13/h2-9,11H,10H2,1H3,(H,21,22). The quantitative estimate of drug-likeness (QED) is 0.793. The van der Waals surface area contributed by atoms with Gasteiger partial charge in [0.1, 0.15) is 12.1 Å². The summed E-state index contributed by atoms with van der Waals surface area (Å²) < 4.78 is 19.1. The summed E-state index contributed by atoms with van der Waals surface area (Å²) in [5, 5.41) is 2.54. The van der Waals surface area contributed by atoms with Crippen molar-refractivity contribution >= 4 is 11.6 Å². The van der Waals surface area contributed by atoms with Crippen molar-refractivity contribution in [1.29, 1.82) is 0 Å². The summed E-state index contributed by atoms with van der Waals surface area (Å²) in [5.74, 6) is -0.348. The van der Waals surface area contributed by atoms with Gasteiger partial charge in [-0.1, -0.05) is 24.3 Å². The molecule has 23 heavy (non-hydrogen) atoms. The molecule has 2 aromatic carbocycles. The van der Waals surface area contributed by atoms with Crippen molar-refractivity contribution in [2.75, 3.05) is 5.32 Å². The number of hydrogen-bond acceptors (Lipinski definition) is 3. The monoisotopic (exact) mass is 310 g/mol. The zero-order valence-corrected chi connectivity index (χ0v) is 12.5. The van der Waals surface area contributed by atoms with Crippen LogP contribution in [0.5, 0.6) is 0 Å². The third kappa shape index (κ3) is 3.63. The van der Waals surface area contributed by atoms with Crippen LogP contribution in [0, 0.1) is 12.7 Å². The van der Waals surface area contributed by atoms with E-state index in [-0.39, 0.29) is 18.0 Å². The summed E-state index contributed by atoms with van der Waals surface area (Å²) in [6, 6.07) is 14.1. The highest BCUT2D eigenvalue weighted by Crippen LogP contribution is 2.19. The summed E-state index contributed by atoms with van der Waals surface area (Å²) >= 11 is 0. The van der Waals surface area contributed by atoms with Gasteiger partial charge in [-0.15, -0.1) is 0 Å². The minimum absolute atomic E-state index is 0.0175. The van der Waals surface area contributed by atoms with E-state index in [1.807, 2.05) is 30.3 Å². The van der Waals surface area contributed by atoms with Crippen LogP contribution in [0.15, 0.2) is 59.2 Å². The first-order valence-corrected chi connectivity index (χ1v) is 7.17. The van der Waals surface area contributed by atoms with Crippen molar-refractivity contribution in [2.45, 2.75) is 13.3 Å². The maximum absolute atomic E-state index is 13.7. The van der Waals surface area contributed by atoms with E-state index in [0.29, 0.717) is 11.6 Å². The molecule has 1 aromatic heterocycles. The molecule has 0 saturated carbocycles. The molecule has 0 atom stereocenters. The average molecular weight is 310 g/mol. The summed E-state index contributed by atoms with van der Waals surface area (Å²) in [7, 11) is 0. The van der Waals surface area contributed by atoms with Crippen molar-refractivity contribution < 1.29 is 13.6 Å². The number of amides is 1. The SMILES string of the molecule is Cc1ccc(NC(=O)Cc2coc(-c3ccccc3)n2)c(F)c1. The molecule has 0 aliphatic heterocycles. The van der Waals surface area contributed by atoms with Crippen molar-refractivity contribution in [2.24, 2.45) is 0 Å². The number of aryl methyl sites for hydroxylation is 1. The Morgan fingerprint density at radius 3 is 2.74 bits per heavy atom. The van der Waals surface area contributed by atoms with Gasteiger partial charge in [-0.2, -0.15) is 0 Å². The molecular weight excluding hydrogens is 295 g/mol. The number of halogens is 1. The first kappa shape index (κ1) is 15.0. The van der Waals surface area contributed by atoms with E-state index in [1.165, 1.54) is 12.3 Å². The van der Waals surface area contributed by atoms with Gasteiger partial charge in [0.15, 0.2) is 0 Å². The molecule has 1 amide bonds. The van der Waals surface area contributed by atoms with E-state index in [2.05, 4.69) is 10.3 Å². The minimum Gasteiger partial charge on any atom is -0.444 e. The number of benzene rings is 2. The molecule has 1 heterocycles. The van der Waals surface area contributed by atoms with Crippen LogP contribution in [-0.4, -0.2) is 10.9 Å². The van der Waals surface area contributed by atoms with Gasteiger partial charge in [-0.05, 0) is 36.8 Å². The van der Waals surface area contributed by atoms with Crippen molar-refractivity contribution in [3.8, 4) is 11.5 Å². The van der Waals surface area contributed by atoms with E-state index < -0.39 is 5.82 Å². The number of oxazole rings is 1. The van der Waals surface area contributed by atoms with E-state index in [1.54, 1.807) is 19.1 Å². The van der Waals surface area contributed by atoms with Gasteiger partial charge in [-0.25, -0.2) is 9.37 Å². The van der Waals surface area contributed by atoms with Gasteiger partial charge < -0.3 is 9.73 Å². The molecule has 3 aromatic rings. The molecule has 0 saturated heterocycles. The molecule has 0 unspecified atom stereocenters. The van der Waals surface area contributed by atoms with E-state index in [9.17, 15) is 9.18 Å². The van der Waals surface area contributed by atoms with Crippen LogP contribution in [-0.2, 0) is 11.2 Å². The molecule has 0 bridgehead atoms. The van der Waals surface area contributed by atoms with Crippen molar-refractivity contribution in [3.63, 3.8) is 0 Å². The fourth-order valence-electron chi connectivity index (χ4n) is 2.18. The maximum Gasteiger partial charge on any atom is 0.230 e. The molecule has 3 rings (SSSR count). The average Bonchev–Trinajstić information content (AvgIpc) is 2.99. The molecule has 4 nitrogen and oxygen atoms in total. The molecule has 5 heteroatoms. The van der Waals surface area contributed by atoms with Crippen molar-refractivity contribution in [1.82, 2.24) is 4.98 Å². The summed E-state index contributed by atoms with van der Waals surface area (Å²) in [6.07, 6.45) is 1.46. The van der Waals surface area contributed by atoms with Gasteiger partial charge in [0.05, 0.1) is 17.8 Å². The van der Waals surface area contributed by atoms with Crippen LogP contribution in [0.3, 0.4) is 0 Å². The number of anilines is 1. The van der Waals surface area contributed by atoms with E-state index in [4.69, 9.17) is 4.42 Å². The van der Waals surface area contributed by atoms with Crippen LogP contribution < -0.4 is 5.32 Å². The number of rotatable bonds is 4. The first-order valence-electron chi connectivity index (χ1n) is 7.17. The smallest absolute Gasteiger partial charge is 0.230 e. The maximum atomic E-state index is 13.7. The van der Waals surface area contributed by atoms with Gasteiger partial charge in [0.2, 0.25) is 11.8 Å². The lowest BCUT2D eigenvalue weighted by molar-refractivity contribution is -0.115. The summed E-state index contributed by atoms with van der Waals surface area (Å²) in [4.78, 5) is 16.3. The Morgan fingerprint density at radius 2 is 2.00 bits per heavy atom. The van der Waals surface area contributed by atoms with E-state index >= 15 is 0 Å². The number of aromatic nitrogens is 1. The number of carbonyl (C=O) groups is 1. The Kier molecular flexibility index (Phi) is 4.19. The minimum atomic E-state index is -0.455. The lowest BCUT2D eigenvalue weighted by Crippen LogP contribution is -2.15. The lowest BCUT2D eigenvalue weighted by atomic mass is 10.2. The number of carbonyl (C=O) groups excluding carboxylic acids is 1. The van der Waals surface area contributed by atoms with Crippen LogP contribution in [0.2, 0.25) is 0 Å². The van der Waals surface area contributed by atoms with Crippen LogP contribution in [0.1, 0.15) is 11.3 Å². The molecule has 116 valence electrons. The third-order valence-corrected chi connectivity index (χ3v) is 3.31. The predicted octanol–water partition coefficient (Wildman–Crippen LogP) is 3.97. The Morgan fingerprint density at radius 1 is 1.22 bits per heavy atom. The summed E-state index contributed by atoms with van der Waals surface area (Å²) in [5.41, 5.74) is 2.29. The second-order valence-electron chi connectivity index (χ2n) is 5.22. The Bertz CT molecular complexity index is 828. The molecule has 0 spiro atoms. The van der Waals surface area contributed by atoms with Gasteiger partial charge in [0, 0.05) is 5.56 Å². The lowest BCUT2D eigenvalue weighted by Gasteiger charge is -2.05. The van der Waals surface area contributed by atoms with Gasteiger partial charge >= 0.3 is 0 Å². The molecule has 0 radical (unpaired) electrons. The summed E-state index contributed by atoms with van der Waals surface area (Å²) in [6.45, 7) is 1.79. The van der Waals surface area contributed by atoms with Crippen LogP contribution >= 0.6 is 0 Å². The Balaban J connectivity index is 1.68. The molecule has 0 fully saturated rings. The van der Waals surface area contributed by atoms with Gasteiger partial charge in [0.25, 0.3) is 0 Å². The largest absolute Gasteiger partial charge is 0.444 e. The molecular formula is C18H15FN2O2. The first-order chi connectivity index (χ1) is 11.1. The third-order valence-electron chi connectivity index (χ3n) is 3.31. The fraction of sp³-hybridized carbons (Fsp3) is 0.111. The molecule has 0 aliphatic rings. The topological polar surface area (TPSA) is 55.1 Å². The number of nitrogens with zero attached hydrogens (tertiary/aromatic N) is 1. The highest BCUT2D eigenvalue weighted by molar-refractivity contribution is 5.92. The molecule has 0 aliphatic carbocycles. The van der Waals surface area contributed by atoms with Crippen LogP contribution in [0.4, 0.5) is 10.1 Å².